The number of halogens is 1. The Morgan fingerprint density at radius 1 is 1.45 bits per heavy atom. The summed E-state index contributed by atoms with van der Waals surface area (Å²) in [6.07, 6.45) is -0.100. The van der Waals surface area contributed by atoms with Gasteiger partial charge >= 0.3 is 5.97 Å². The Morgan fingerprint density at radius 3 is 2.65 bits per heavy atom. The minimum Gasteiger partial charge on any atom is -0.481 e. The molecular formula is C12H13ClN2O5. The second-order valence-electron chi connectivity index (χ2n) is 4.38. The van der Waals surface area contributed by atoms with Gasteiger partial charge < -0.3 is 10.4 Å². The van der Waals surface area contributed by atoms with Gasteiger partial charge in [-0.3, -0.25) is 19.7 Å². The molecule has 1 unspecified atom stereocenters. The fraction of sp³-hybridized carbons (Fsp3) is 0.333. The van der Waals surface area contributed by atoms with E-state index in [1.807, 2.05) is 0 Å². The molecule has 8 heteroatoms. The predicted molar refractivity (Wildman–Crippen MR) is 72.8 cm³/mol. The van der Waals surface area contributed by atoms with E-state index in [0.29, 0.717) is 0 Å². The number of carbonyl (C=O) groups is 2. The molecule has 20 heavy (non-hydrogen) atoms. The van der Waals surface area contributed by atoms with Gasteiger partial charge in [0.05, 0.1) is 4.92 Å². The van der Waals surface area contributed by atoms with Gasteiger partial charge in [0.2, 0.25) is 5.91 Å². The number of nitro benzene ring substituents is 1. The largest absolute Gasteiger partial charge is 0.481 e. The third-order valence-electron chi connectivity index (χ3n) is 2.48. The summed E-state index contributed by atoms with van der Waals surface area (Å²) >= 11 is 5.65. The number of aliphatic carboxylic acids is 1. The van der Waals surface area contributed by atoms with E-state index in [1.165, 1.54) is 12.1 Å². The van der Waals surface area contributed by atoms with Crippen LogP contribution in [0.2, 0.25) is 5.02 Å². The number of carbonyl (C=O) groups excluding carboxylic acids is 1. The van der Waals surface area contributed by atoms with Crippen molar-refractivity contribution < 1.29 is 19.6 Å². The molecule has 0 spiro atoms. The summed E-state index contributed by atoms with van der Waals surface area (Å²) in [7, 11) is 0. The Hall–Kier alpha value is -2.15. The minimum atomic E-state index is -0.979. The van der Waals surface area contributed by atoms with Crippen LogP contribution in [0, 0.1) is 16.0 Å². The first kappa shape index (κ1) is 15.9. The zero-order chi connectivity index (χ0) is 15.3. The number of carboxylic acids is 1. The Morgan fingerprint density at radius 2 is 2.10 bits per heavy atom. The molecular weight excluding hydrogens is 288 g/mol. The van der Waals surface area contributed by atoms with Gasteiger partial charge in [-0.2, -0.15) is 0 Å². The van der Waals surface area contributed by atoms with Crippen molar-refractivity contribution in [3.8, 4) is 0 Å². The fourth-order valence-electron chi connectivity index (χ4n) is 1.63. The van der Waals surface area contributed by atoms with Gasteiger partial charge in [-0.15, -0.1) is 0 Å². The van der Waals surface area contributed by atoms with Crippen LogP contribution in [0.3, 0.4) is 0 Å². The summed E-state index contributed by atoms with van der Waals surface area (Å²) in [5.41, 5.74) is -0.0586. The van der Waals surface area contributed by atoms with Crippen molar-refractivity contribution in [1.82, 2.24) is 0 Å². The van der Waals surface area contributed by atoms with Crippen LogP contribution in [0.1, 0.15) is 19.8 Å². The lowest BCUT2D eigenvalue weighted by Crippen LogP contribution is -2.17. The molecule has 0 aliphatic rings. The van der Waals surface area contributed by atoms with Crippen molar-refractivity contribution in [3.05, 3.63) is 33.3 Å². The molecule has 0 saturated carbocycles. The highest BCUT2D eigenvalue weighted by molar-refractivity contribution is 6.32. The number of hydrogen-bond donors (Lipinski definition) is 2. The van der Waals surface area contributed by atoms with Gasteiger partial charge in [0.1, 0.15) is 5.02 Å². The summed E-state index contributed by atoms with van der Waals surface area (Å²) in [6.45, 7) is 1.64. The first-order chi connectivity index (χ1) is 9.29. The van der Waals surface area contributed by atoms with Gasteiger partial charge in [0.15, 0.2) is 0 Å². The maximum absolute atomic E-state index is 11.7. The highest BCUT2D eigenvalue weighted by atomic mass is 35.5. The molecule has 1 atom stereocenters. The maximum Gasteiger partial charge on any atom is 0.303 e. The van der Waals surface area contributed by atoms with E-state index in [4.69, 9.17) is 16.7 Å². The quantitative estimate of drug-likeness (QED) is 0.620. The van der Waals surface area contributed by atoms with E-state index in [0.717, 1.165) is 6.07 Å². The summed E-state index contributed by atoms with van der Waals surface area (Å²) in [5.74, 6) is -1.71. The average Bonchev–Trinajstić information content (AvgIpc) is 2.29. The lowest BCUT2D eigenvalue weighted by molar-refractivity contribution is -0.384. The van der Waals surface area contributed by atoms with E-state index < -0.39 is 16.8 Å². The van der Waals surface area contributed by atoms with Crippen LogP contribution >= 0.6 is 11.6 Å². The van der Waals surface area contributed by atoms with Crippen molar-refractivity contribution in [1.29, 1.82) is 0 Å². The topological polar surface area (TPSA) is 110 Å². The van der Waals surface area contributed by atoms with Crippen molar-refractivity contribution >= 4 is 34.9 Å². The molecule has 0 aromatic heterocycles. The number of anilines is 1. The number of benzene rings is 1. The molecule has 0 aliphatic carbocycles. The van der Waals surface area contributed by atoms with E-state index >= 15 is 0 Å². The number of nitrogens with one attached hydrogen (secondary N) is 1. The zero-order valence-electron chi connectivity index (χ0n) is 10.6. The molecule has 1 aromatic rings. The van der Waals surface area contributed by atoms with Crippen LogP contribution in [0.4, 0.5) is 11.4 Å². The van der Waals surface area contributed by atoms with Crippen LogP contribution in [0.25, 0.3) is 0 Å². The first-order valence-corrected chi connectivity index (χ1v) is 6.13. The Bertz CT molecular complexity index is 547. The number of hydrogen-bond acceptors (Lipinski definition) is 4. The predicted octanol–water partition coefficient (Wildman–Crippen LogP) is 2.69. The van der Waals surface area contributed by atoms with Crippen LogP contribution in [0.5, 0.6) is 0 Å². The third kappa shape index (κ3) is 4.85. The van der Waals surface area contributed by atoms with E-state index in [1.54, 1.807) is 6.92 Å². The van der Waals surface area contributed by atoms with Crippen LogP contribution in [0.15, 0.2) is 18.2 Å². The van der Waals surface area contributed by atoms with Crippen LogP contribution < -0.4 is 5.32 Å². The van der Waals surface area contributed by atoms with Gasteiger partial charge in [0.25, 0.3) is 5.69 Å². The third-order valence-corrected chi connectivity index (χ3v) is 2.80. The summed E-state index contributed by atoms with van der Waals surface area (Å²) in [6, 6.07) is 3.91. The van der Waals surface area contributed by atoms with Gasteiger partial charge in [-0.25, -0.2) is 0 Å². The highest BCUT2D eigenvalue weighted by Crippen LogP contribution is 2.27. The zero-order valence-corrected chi connectivity index (χ0v) is 11.4. The minimum absolute atomic E-state index is 0.0166. The van der Waals surface area contributed by atoms with Gasteiger partial charge in [0, 0.05) is 24.6 Å². The number of rotatable bonds is 6. The first-order valence-electron chi connectivity index (χ1n) is 5.75. The lowest BCUT2D eigenvalue weighted by Gasteiger charge is -2.09. The fourth-order valence-corrected chi connectivity index (χ4v) is 1.82. The Labute approximate surface area is 119 Å². The molecule has 0 aliphatic heterocycles. The average molecular weight is 301 g/mol. The summed E-state index contributed by atoms with van der Waals surface area (Å²) in [4.78, 5) is 32.2. The molecule has 0 bridgehead atoms. The number of nitrogens with zero attached hydrogens (tertiary/aromatic N) is 1. The standard InChI is InChI=1S/C12H13ClN2O5/c1-7(5-12(17)18)4-11(16)14-8-2-3-9(13)10(6-8)15(19)20/h2-3,6-7H,4-5H2,1H3,(H,14,16)(H,17,18). The van der Waals surface area contributed by atoms with E-state index in [2.05, 4.69) is 5.32 Å². The molecule has 1 amide bonds. The molecule has 7 nitrogen and oxygen atoms in total. The second kappa shape index (κ2) is 6.85. The number of nitro groups is 1. The van der Waals surface area contributed by atoms with Gasteiger partial charge in [-0.05, 0) is 18.1 Å². The molecule has 2 N–H and O–H groups in total. The molecule has 0 saturated heterocycles. The van der Waals surface area contributed by atoms with Crippen molar-refractivity contribution in [3.63, 3.8) is 0 Å². The summed E-state index contributed by atoms with van der Waals surface area (Å²) in [5, 5.41) is 21.7. The normalized spacial score (nSPS) is 11.7. The number of amides is 1. The molecule has 0 heterocycles. The molecule has 0 fully saturated rings. The summed E-state index contributed by atoms with van der Waals surface area (Å²) < 4.78 is 0. The molecule has 0 radical (unpaired) electrons. The Kier molecular flexibility index (Phi) is 5.45. The number of carboxylic acid groups (broad SMARTS) is 1. The Balaban J connectivity index is 2.69. The van der Waals surface area contributed by atoms with E-state index in [-0.39, 0.29) is 35.2 Å². The molecule has 108 valence electrons. The SMILES string of the molecule is CC(CC(=O)O)CC(=O)Nc1ccc(Cl)c([N+](=O)[O-])c1. The van der Waals surface area contributed by atoms with Crippen molar-refractivity contribution in [2.24, 2.45) is 5.92 Å². The molecule has 1 rings (SSSR count). The molecule has 1 aromatic carbocycles. The van der Waals surface area contributed by atoms with Gasteiger partial charge in [-0.1, -0.05) is 18.5 Å². The monoisotopic (exact) mass is 300 g/mol. The lowest BCUT2D eigenvalue weighted by atomic mass is 10.0. The maximum atomic E-state index is 11.7. The highest BCUT2D eigenvalue weighted by Gasteiger charge is 2.16. The van der Waals surface area contributed by atoms with Crippen LogP contribution in [-0.2, 0) is 9.59 Å². The second-order valence-corrected chi connectivity index (χ2v) is 4.79. The van der Waals surface area contributed by atoms with Crippen molar-refractivity contribution in [2.75, 3.05) is 5.32 Å². The van der Waals surface area contributed by atoms with Crippen molar-refractivity contribution in [2.45, 2.75) is 19.8 Å². The van der Waals surface area contributed by atoms with E-state index in [9.17, 15) is 19.7 Å². The smallest absolute Gasteiger partial charge is 0.303 e. The van der Waals surface area contributed by atoms with Crippen LogP contribution in [-0.4, -0.2) is 21.9 Å².